The molecule has 1 unspecified atom stereocenters. The van der Waals surface area contributed by atoms with Crippen LogP contribution < -0.4 is 0 Å². The number of hydrogen-bond donors (Lipinski definition) is 0. The summed E-state index contributed by atoms with van der Waals surface area (Å²) in [6.07, 6.45) is 7.10. The first-order chi connectivity index (χ1) is 12.1. The Labute approximate surface area is 145 Å². The van der Waals surface area contributed by atoms with E-state index in [2.05, 4.69) is 15.1 Å². The summed E-state index contributed by atoms with van der Waals surface area (Å²) < 4.78 is 5.27. The monoisotopic (exact) mass is 336 g/mol. The Kier molecular flexibility index (Phi) is 3.95. The summed E-state index contributed by atoms with van der Waals surface area (Å²) in [4.78, 5) is 23.4. The van der Waals surface area contributed by atoms with Crippen LogP contribution in [-0.4, -0.2) is 32.5 Å². The van der Waals surface area contributed by atoms with Crippen molar-refractivity contribution in [2.75, 3.05) is 6.54 Å². The Balaban J connectivity index is 1.68. The van der Waals surface area contributed by atoms with Crippen molar-refractivity contribution >= 4 is 17.0 Å². The summed E-state index contributed by atoms with van der Waals surface area (Å²) in [7, 11) is 0. The summed E-state index contributed by atoms with van der Waals surface area (Å²) in [5.74, 6) is 0.217. The van der Waals surface area contributed by atoms with Crippen LogP contribution in [0.1, 0.15) is 60.3 Å². The first kappa shape index (κ1) is 15.7. The highest BCUT2D eigenvalue weighted by Gasteiger charge is 2.31. The van der Waals surface area contributed by atoms with Gasteiger partial charge in [0.1, 0.15) is 0 Å². The van der Waals surface area contributed by atoms with Gasteiger partial charge in [-0.05, 0) is 42.5 Å². The molecule has 0 aliphatic carbocycles. The molecule has 128 valence electrons. The molecule has 25 heavy (non-hydrogen) atoms. The summed E-state index contributed by atoms with van der Waals surface area (Å²) >= 11 is 0. The lowest BCUT2D eigenvalue weighted by molar-refractivity contribution is 0.0735. The maximum atomic E-state index is 13.1. The molecular weight excluding hydrogens is 316 g/mol. The molecule has 1 aliphatic rings. The third-order valence-corrected chi connectivity index (χ3v) is 4.76. The number of hydrogen-bond acceptors (Lipinski definition) is 5. The van der Waals surface area contributed by atoms with Gasteiger partial charge >= 0.3 is 0 Å². The maximum Gasteiger partial charge on any atom is 0.257 e. The zero-order valence-electron chi connectivity index (χ0n) is 14.3. The molecule has 0 bridgehead atoms. The van der Waals surface area contributed by atoms with Crippen LogP contribution in [0.2, 0.25) is 0 Å². The molecular formula is C19H20N4O2. The minimum atomic E-state index is 0.00428. The van der Waals surface area contributed by atoms with Crippen LogP contribution in [0.25, 0.3) is 11.1 Å². The summed E-state index contributed by atoms with van der Waals surface area (Å²) in [6.45, 7) is 4.85. The molecule has 0 spiro atoms. The Morgan fingerprint density at radius 3 is 2.88 bits per heavy atom. The molecule has 1 aliphatic heterocycles. The third kappa shape index (κ3) is 2.77. The number of likely N-dealkylation sites (tertiary alicyclic amines) is 1. The largest absolute Gasteiger partial charge is 0.336 e. The second-order valence-corrected chi connectivity index (χ2v) is 6.74. The molecule has 3 aromatic rings. The minimum Gasteiger partial charge on any atom is -0.336 e. The van der Waals surface area contributed by atoms with Gasteiger partial charge in [0, 0.05) is 25.1 Å². The molecule has 0 radical (unpaired) electrons. The number of nitrogens with zero attached hydrogens (tertiary/aromatic N) is 4. The first-order valence-corrected chi connectivity index (χ1v) is 8.61. The van der Waals surface area contributed by atoms with Crippen LogP contribution in [0.5, 0.6) is 0 Å². The van der Waals surface area contributed by atoms with Gasteiger partial charge in [0.2, 0.25) is 0 Å². The van der Waals surface area contributed by atoms with E-state index < -0.39 is 0 Å². The topological polar surface area (TPSA) is 72.1 Å². The Morgan fingerprint density at radius 2 is 2.12 bits per heavy atom. The predicted molar refractivity (Wildman–Crippen MR) is 93.1 cm³/mol. The van der Waals surface area contributed by atoms with E-state index in [0.29, 0.717) is 11.3 Å². The summed E-state index contributed by atoms with van der Waals surface area (Å²) in [5.41, 5.74) is 3.03. The third-order valence-electron chi connectivity index (χ3n) is 4.76. The second-order valence-electron chi connectivity index (χ2n) is 6.74. The average Bonchev–Trinajstić information content (AvgIpc) is 3.28. The van der Waals surface area contributed by atoms with Gasteiger partial charge in [-0.1, -0.05) is 19.0 Å². The van der Waals surface area contributed by atoms with E-state index in [0.717, 1.165) is 36.0 Å². The fraction of sp³-hybridized carbons (Fsp3) is 0.368. The normalized spacial score (nSPS) is 17.6. The van der Waals surface area contributed by atoms with E-state index in [1.54, 1.807) is 18.6 Å². The van der Waals surface area contributed by atoms with Crippen molar-refractivity contribution in [1.82, 2.24) is 20.0 Å². The van der Waals surface area contributed by atoms with Gasteiger partial charge in [-0.15, -0.1) is 0 Å². The van der Waals surface area contributed by atoms with Crippen LogP contribution in [0.4, 0.5) is 0 Å². The molecule has 0 N–H and O–H groups in total. The molecule has 1 amide bonds. The van der Waals surface area contributed by atoms with Gasteiger partial charge in [0.25, 0.3) is 11.6 Å². The second kappa shape index (κ2) is 6.27. The number of pyridine rings is 2. The zero-order valence-corrected chi connectivity index (χ0v) is 14.3. The number of carbonyl (C=O) groups is 1. The lowest BCUT2D eigenvalue weighted by Crippen LogP contribution is -2.30. The van der Waals surface area contributed by atoms with Crippen LogP contribution in [0.15, 0.2) is 41.3 Å². The summed E-state index contributed by atoms with van der Waals surface area (Å²) in [5, 5.41) is 4.91. The van der Waals surface area contributed by atoms with Gasteiger partial charge in [-0.25, -0.2) is 4.98 Å². The van der Waals surface area contributed by atoms with Crippen LogP contribution in [0, 0.1) is 0 Å². The van der Waals surface area contributed by atoms with Crippen molar-refractivity contribution in [2.24, 2.45) is 0 Å². The van der Waals surface area contributed by atoms with Crippen LogP contribution >= 0.6 is 0 Å². The van der Waals surface area contributed by atoms with Crippen molar-refractivity contribution in [1.29, 1.82) is 0 Å². The number of amides is 1. The minimum absolute atomic E-state index is 0.00428. The van der Waals surface area contributed by atoms with Gasteiger partial charge in [-0.2, -0.15) is 0 Å². The molecule has 0 saturated carbocycles. The standard InChI is InChI=1S/C19H20N4O2/c1-12(2)17-15-10-14(11-21-18(15)25-22-17)19(24)23-9-3-4-16(23)13-5-7-20-8-6-13/h5-8,10-12,16H,3-4,9H2,1-2H3. The molecule has 3 aromatic heterocycles. The molecule has 6 heteroatoms. The molecule has 1 saturated heterocycles. The van der Waals surface area contributed by atoms with E-state index in [1.807, 2.05) is 36.9 Å². The summed E-state index contributed by atoms with van der Waals surface area (Å²) in [6, 6.07) is 5.92. The fourth-order valence-corrected chi connectivity index (χ4v) is 3.49. The van der Waals surface area contributed by atoms with Crippen LogP contribution in [0.3, 0.4) is 0 Å². The Morgan fingerprint density at radius 1 is 1.32 bits per heavy atom. The first-order valence-electron chi connectivity index (χ1n) is 8.61. The van der Waals surface area contributed by atoms with Crippen molar-refractivity contribution in [3.05, 3.63) is 53.6 Å². The van der Waals surface area contributed by atoms with Crippen molar-refractivity contribution in [3.63, 3.8) is 0 Å². The molecule has 0 aromatic carbocycles. The van der Waals surface area contributed by atoms with Crippen molar-refractivity contribution < 1.29 is 9.32 Å². The van der Waals surface area contributed by atoms with E-state index >= 15 is 0 Å². The number of fused-ring (bicyclic) bond motifs is 1. The Bertz CT molecular complexity index is 904. The highest BCUT2D eigenvalue weighted by atomic mass is 16.5. The molecule has 1 atom stereocenters. The quantitative estimate of drug-likeness (QED) is 0.729. The SMILES string of the molecule is CC(C)c1noc2ncc(C(=O)N3CCCC3c3ccncc3)cc12. The highest BCUT2D eigenvalue weighted by Crippen LogP contribution is 2.33. The zero-order chi connectivity index (χ0) is 17.4. The fourth-order valence-electron chi connectivity index (χ4n) is 3.49. The molecule has 4 rings (SSSR count). The average molecular weight is 336 g/mol. The van der Waals surface area contributed by atoms with Gasteiger partial charge in [0.05, 0.1) is 22.7 Å². The van der Waals surface area contributed by atoms with E-state index in [4.69, 9.17) is 4.52 Å². The van der Waals surface area contributed by atoms with E-state index in [9.17, 15) is 4.79 Å². The molecule has 4 heterocycles. The van der Waals surface area contributed by atoms with E-state index in [1.165, 1.54) is 0 Å². The molecule has 1 fully saturated rings. The Hall–Kier alpha value is -2.76. The number of carbonyl (C=O) groups excluding carboxylic acids is 1. The van der Waals surface area contributed by atoms with Crippen molar-refractivity contribution in [3.8, 4) is 0 Å². The molecule has 6 nitrogen and oxygen atoms in total. The lowest BCUT2D eigenvalue weighted by Gasteiger charge is -2.25. The highest BCUT2D eigenvalue weighted by molar-refractivity contribution is 5.97. The van der Waals surface area contributed by atoms with Crippen LogP contribution in [-0.2, 0) is 0 Å². The number of rotatable bonds is 3. The van der Waals surface area contributed by atoms with Crippen molar-refractivity contribution in [2.45, 2.75) is 38.6 Å². The lowest BCUT2D eigenvalue weighted by atomic mass is 10.0. The smallest absolute Gasteiger partial charge is 0.257 e. The van der Waals surface area contributed by atoms with Gasteiger partial charge < -0.3 is 9.42 Å². The predicted octanol–water partition coefficient (Wildman–Crippen LogP) is 3.72. The maximum absolute atomic E-state index is 13.1. The van der Waals surface area contributed by atoms with E-state index in [-0.39, 0.29) is 17.9 Å². The van der Waals surface area contributed by atoms with Gasteiger partial charge in [0.15, 0.2) is 0 Å². The number of aromatic nitrogens is 3. The van der Waals surface area contributed by atoms with Gasteiger partial charge in [-0.3, -0.25) is 9.78 Å².